The number of hydrogen-bond acceptors (Lipinski definition) is 7. The Kier molecular flexibility index (Phi) is 11.7. The van der Waals surface area contributed by atoms with Crippen LogP contribution in [0.15, 0.2) is 78.9 Å². The maximum atomic E-state index is 13.8. The van der Waals surface area contributed by atoms with Crippen LogP contribution in [0.5, 0.6) is 11.5 Å². The molecule has 0 spiro atoms. The van der Waals surface area contributed by atoms with Crippen molar-refractivity contribution in [3.05, 3.63) is 90.0 Å². The van der Waals surface area contributed by atoms with Crippen molar-refractivity contribution in [3.8, 4) is 22.8 Å². The largest absolute Gasteiger partial charge is 0.497 e. The summed E-state index contributed by atoms with van der Waals surface area (Å²) >= 11 is 0. The van der Waals surface area contributed by atoms with E-state index < -0.39 is 54.2 Å². The quantitative estimate of drug-likeness (QED) is 0.164. The van der Waals surface area contributed by atoms with E-state index in [0.717, 1.165) is 11.1 Å². The van der Waals surface area contributed by atoms with Crippen molar-refractivity contribution >= 4 is 34.6 Å². The highest BCUT2D eigenvalue weighted by molar-refractivity contribution is 5.94. The van der Waals surface area contributed by atoms with Crippen molar-refractivity contribution in [2.75, 3.05) is 20.2 Å². The van der Waals surface area contributed by atoms with Gasteiger partial charge in [-0.3, -0.25) is 14.4 Å². The number of nitrogens with one attached hydrogen (secondary N) is 2. The van der Waals surface area contributed by atoms with E-state index in [2.05, 4.69) is 10.6 Å². The molecule has 1 aliphatic heterocycles. The predicted molar refractivity (Wildman–Crippen MR) is 190 cm³/mol. The molecule has 0 radical (unpaired) electrons. The van der Waals surface area contributed by atoms with Crippen LogP contribution >= 0.6 is 0 Å². The van der Waals surface area contributed by atoms with Crippen LogP contribution in [0.4, 0.5) is 8.78 Å². The molecule has 4 aromatic rings. The van der Waals surface area contributed by atoms with Crippen molar-refractivity contribution in [1.82, 2.24) is 20.5 Å². The molecular weight excluding hydrogens is 674 g/mol. The smallest absolute Gasteiger partial charge is 0.335 e. The molecule has 11 nitrogen and oxygen atoms in total. The first-order chi connectivity index (χ1) is 24.7. The molecule has 1 aromatic heterocycles. The number of aromatic nitrogens is 1. The number of pyridine rings is 1. The molecule has 0 aliphatic carbocycles. The van der Waals surface area contributed by atoms with E-state index >= 15 is 0 Å². The summed E-state index contributed by atoms with van der Waals surface area (Å²) in [5, 5.41) is 14.9. The Hall–Kier alpha value is -5.59. The lowest BCUT2D eigenvalue weighted by Gasteiger charge is -2.30. The summed E-state index contributed by atoms with van der Waals surface area (Å²) in [6.45, 7) is 5.26. The maximum absolute atomic E-state index is 13.8. The number of benzene rings is 3. The number of carboxylic acids is 1. The second-order valence-electron chi connectivity index (χ2n) is 13.7. The molecule has 3 amide bonds. The van der Waals surface area contributed by atoms with Gasteiger partial charge in [0.1, 0.15) is 29.7 Å². The van der Waals surface area contributed by atoms with Crippen molar-refractivity contribution in [2.24, 2.45) is 5.41 Å². The molecule has 0 bridgehead atoms. The number of amides is 3. The second-order valence-corrected chi connectivity index (χ2v) is 13.7. The first-order valence-electron chi connectivity index (χ1n) is 16.9. The summed E-state index contributed by atoms with van der Waals surface area (Å²) in [7, 11) is 1.56. The van der Waals surface area contributed by atoms with Crippen LogP contribution in [0.2, 0.25) is 0 Å². The van der Waals surface area contributed by atoms with Gasteiger partial charge in [0.2, 0.25) is 24.1 Å². The number of carbonyl (C=O) groups excluding carboxylic acids is 3. The number of ether oxygens (including phenoxy) is 2. The molecule has 3 aromatic carbocycles. The second kappa shape index (κ2) is 16.2. The van der Waals surface area contributed by atoms with Gasteiger partial charge in [-0.25, -0.2) is 18.6 Å². The summed E-state index contributed by atoms with van der Waals surface area (Å²) in [6.07, 6.45) is -4.14. The van der Waals surface area contributed by atoms with Crippen LogP contribution in [-0.4, -0.2) is 83.5 Å². The van der Waals surface area contributed by atoms with Gasteiger partial charge < -0.3 is 30.1 Å². The molecule has 1 fully saturated rings. The molecule has 274 valence electrons. The summed E-state index contributed by atoms with van der Waals surface area (Å²) in [4.78, 5) is 57.9. The summed E-state index contributed by atoms with van der Waals surface area (Å²) in [5.74, 6) is -1.87. The van der Waals surface area contributed by atoms with E-state index in [9.17, 15) is 28.0 Å². The highest BCUT2D eigenvalue weighted by atomic mass is 19.3. The van der Waals surface area contributed by atoms with Gasteiger partial charge in [-0.2, -0.15) is 0 Å². The first kappa shape index (κ1) is 37.7. The Morgan fingerprint density at radius 3 is 2.35 bits per heavy atom. The number of alkyl halides is 2. The number of aromatic carboxylic acids is 1. The number of fused-ring (bicyclic) bond motifs is 1. The minimum atomic E-state index is -2.90. The lowest BCUT2D eigenvalue weighted by molar-refractivity contribution is -0.145. The van der Waals surface area contributed by atoms with Crippen LogP contribution < -0.4 is 20.1 Å². The van der Waals surface area contributed by atoms with Gasteiger partial charge in [0.25, 0.3) is 0 Å². The van der Waals surface area contributed by atoms with E-state index in [1.54, 1.807) is 58.2 Å². The minimum absolute atomic E-state index is 0.0429. The summed E-state index contributed by atoms with van der Waals surface area (Å²) < 4.78 is 39.3. The van der Waals surface area contributed by atoms with E-state index in [1.165, 1.54) is 17.0 Å². The number of rotatable bonds is 13. The highest BCUT2D eigenvalue weighted by Crippen LogP contribution is 2.35. The lowest BCUT2D eigenvalue weighted by atomic mass is 9.94. The number of hydrogen-bond donors (Lipinski definition) is 3. The Bertz CT molecular complexity index is 1920. The number of nitrogens with zero attached hydrogens (tertiary/aromatic N) is 2. The monoisotopic (exact) mass is 716 g/mol. The molecule has 2 heterocycles. The molecular formula is C39H42F2N4O7. The van der Waals surface area contributed by atoms with Gasteiger partial charge in [-0.05, 0) is 36.2 Å². The number of methoxy groups -OCH3 is 1. The fourth-order valence-corrected chi connectivity index (χ4v) is 6.07. The van der Waals surface area contributed by atoms with E-state index in [-0.39, 0.29) is 31.0 Å². The summed E-state index contributed by atoms with van der Waals surface area (Å²) in [6, 6.07) is 20.1. The van der Waals surface area contributed by atoms with Crippen LogP contribution in [0.3, 0.4) is 0 Å². The maximum Gasteiger partial charge on any atom is 0.335 e. The number of carboxylic acid groups (broad SMARTS) is 1. The SMILES string of the molecule is COc1ccc2c(O[C@@H]3C[C@@H](C(=O)NC(CC(F)F)C(=O)NCCc4ccc(C(=O)O)cc4)N(C(=O)C(C)(C)C)C3)cc(-c3ccccc3)nc2c1. The predicted octanol–water partition coefficient (Wildman–Crippen LogP) is 5.50. The molecule has 1 aliphatic rings. The molecule has 13 heteroatoms. The minimum Gasteiger partial charge on any atom is -0.497 e. The third-order valence-electron chi connectivity index (χ3n) is 8.77. The first-order valence-corrected chi connectivity index (χ1v) is 16.9. The lowest BCUT2D eigenvalue weighted by Crippen LogP contribution is -2.55. The fourth-order valence-electron chi connectivity index (χ4n) is 6.07. The van der Waals surface area contributed by atoms with Crippen molar-refractivity contribution in [2.45, 2.75) is 64.6 Å². The van der Waals surface area contributed by atoms with Gasteiger partial charge in [-0.15, -0.1) is 0 Å². The zero-order valence-electron chi connectivity index (χ0n) is 29.4. The fraction of sp³-hybridized carbons (Fsp3) is 0.359. The average molecular weight is 717 g/mol. The van der Waals surface area contributed by atoms with Gasteiger partial charge in [0.15, 0.2) is 0 Å². The Balaban J connectivity index is 1.35. The van der Waals surface area contributed by atoms with Crippen LogP contribution in [-0.2, 0) is 20.8 Å². The topological polar surface area (TPSA) is 147 Å². The normalized spacial score (nSPS) is 16.4. The van der Waals surface area contributed by atoms with Crippen molar-refractivity contribution < 1.29 is 42.5 Å². The zero-order chi connectivity index (χ0) is 37.6. The van der Waals surface area contributed by atoms with Gasteiger partial charge in [0.05, 0.1) is 30.4 Å². The van der Waals surface area contributed by atoms with E-state index in [1.807, 2.05) is 36.4 Å². The zero-order valence-corrected chi connectivity index (χ0v) is 29.4. The van der Waals surface area contributed by atoms with Crippen molar-refractivity contribution in [3.63, 3.8) is 0 Å². The molecule has 3 atom stereocenters. The van der Waals surface area contributed by atoms with E-state index in [4.69, 9.17) is 19.6 Å². The third kappa shape index (κ3) is 9.19. The summed E-state index contributed by atoms with van der Waals surface area (Å²) in [5.41, 5.74) is 2.07. The third-order valence-corrected chi connectivity index (χ3v) is 8.77. The van der Waals surface area contributed by atoms with Gasteiger partial charge >= 0.3 is 5.97 Å². The van der Waals surface area contributed by atoms with Crippen molar-refractivity contribution in [1.29, 1.82) is 0 Å². The number of carbonyl (C=O) groups is 4. The Labute approximate surface area is 300 Å². The van der Waals surface area contributed by atoms with Crippen LogP contribution in [0.1, 0.15) is 49.5 Å². The number of likely N-dealkylation sites (tertiary alicyclic amines) is 1. The molecule has 1 unspecified atom stereocenters. The molecule has 0 saturated carbocycles. The molecule has 5 rings (SSSR count). The van der Waals surface area contributed by atoms with Gasteiger partial charge in [-0.1, -0.05) is 63.2 Å². The molecule has 52 heavy (non-hydrogen) atoms. The van der Waals surface area contributed by atoms with Crippen LogP contribution in [0, 0.1) is 5.41 Å². The Morgan fingerprint density at radius 1 is 1.00 bits per heavy atom. The van der Waals surface area contributed by atoms with Gasteiger partial charge in [0, 0.05) is 47.9 Å². The average Bonchev–Trinajstić information content (AvgIpc) is 3.54. The molecule has 3 N–H and O–H groups in total. The van der Waals surface area contributed by atoms with E-state index in [0.29, 0.717) is 34.5 Å². The van der Waals surface area contributed by atoms with Crippen LogP contribution in [0.25, 0.3) is 22.2 Å². The molecule has 1 saturated heterocycles. The number of halogens is 2. The Morgan fingerprint density at radius 2 is 1.71 bits per heavy atom. The highest BCUT2D eigenvalue weighted by Gasteiger charge is 2.44. The standard InChI is InChI=1S/C39H42F2N4O7/c1-39(2,3)38(50)45-22-27(52-33-20-29(24-8-6-5-7-9-24)43-30-18-26(51-4)14-15-28(30)33)19-32(45)36(47)44-31(21-34(40)41)35(46)42-17-16-23-10-12-25(13-11-23)37(48)49/h5-15,18,20,27,31-32,34H,16-17,19,21-22H2,1-4H3,(H,42,46)(H,44,47)(H,48,49)/t27-,31?,32+/m1/s1.